The predicted molar refractivity (Wildman–Crippen MR) is 84.5 cm³/mol. The summed E-state index contributed by atoms with van der Waals surface area (Å²) in [6.45, 7) is 6.37. The molecule has 0 aliphatic carbocycles. The van der Waals surface area contributed by atoms with Gasteiger partial charge in [0.05, 0.1) is 5.56 Å². The zero-order valence-electron chi connectivity index (χ0n) is 13.1. The van der Waals surface area contributed by atoms with Crippen LogP contribution in [0.15, 0.2) is 18.2 Å². The molecule has 0 saturated carbocycles. The van der Waals surface area contributed by atoms with Gasteiger partial charge in [0.15, 0.2) is 0 Å². The Kier molecular flexibility index (Phi) is 7.35. The molecule has 0 aliphatic rings. The zero-order chi connectivity index (χ0) is 15.0. The van der Waals surface area contributed by atoms with E-state index >= 15 is 0 Å². The lowest BCUT2D eigenvalue weighted by atomic mass is 9.86. The molecule has 0 aliphatic heterocycles. The van der Waals surface area contributed by atoms with Crippen molar-refractivity contribution in [2.24, 2.45) is 0 Å². The van der Waals surface area contributed by atoms with E-state index in [9.17, 15) is 9.90 Å². The van der Waals surface area contributed by atoms with E-state index in [-0.39, 0.29) is 0 Å². The van der Waals surface area contributed by atoms with Crippen LogP contribution in [0.4, 0.5) is 0 Å². The van der Waals surface area contributed by atoms with Gasteiger partial charge in [0, 0.05) is 0 Å². The smallest absolute Gasteiger partial charge is 0.335 e. The summed E-state index contributed by atoms with van der Waals surface area (Å²) in [6.07, 6.45) is 8.71. The maximum absolute atomic E-state index is 11.2. The van der Waals surface area contributed by atoms with Gasteiger partial charge in [0.1, 0.15) is 0 Å². The molecular formula is C18H28O2. The van der Waals surface area contributed by atoms with Crippen LogP contribution in [0.25, 0.3) is 0 Å². The fraction of sp³-hybridized carbons (Fsp3) is 0.611. The first-order chi connectivity index (χ1) is 9.61. The summed E-state index contributed by atoms with van der Waals surface area (Å²) in [7, 11) is 0. The summed E-state index contributed by atoms with van der Waals surface area (Å²) < 4.78 is 0. The van der Waals surface area contributed by atoms with Crippen LogP contribution in [0.1, 0.15) is 86.2 Å². The number of carbonyl (C=O) groups is 1. The number of aromatic carboxylic acids is 1. The maximum Gasteiger partial charge on any atom is 0.335 e. The van der Waals surface area contributed by atoms with Crippen molar-refractivity contribution in [3.63, 3.8) is 0 Å². The number of carboxylic acid groups (broad SMARTS) is 1. The Hall–Kier alpha value is -1.31. The second-order valence-electron chi connectivity index (χ2n) is 5.63. The van der Waals surface area contributed by atoms with Crippen LogP contribution < -0.4 is 0 Å². The van der Waals surface area contributed by atoms with E-state index in [1.54, 1.807) is 6.07 Å². The Morgan fingerprint density at radius 1 is 1.15 bits per heavy atom. The zero-order valence-corrected chi connectivity index (χ0v) is 13.1. The molecule has 0 amide bonds. The normalized spacial score (nSPS) is 12.3. The molecule has 1 N–H and O–H groups in total. The highest BCUT2D eigenvalue weighted by Gasteiger charge is 2.16. The first-order valence-electron chi connectivity index (χ1n) is 7.94. The quantitative estimate of drug-likeness (QED) is 0.600. The molecule has 0 heterocycles. The van der Waals surface area contributed by atoms with Crippen molar-refractivity contribution in [1.82, 2.24) is 0 Å². The number of carboxylic acids is 1. The van der Waals surface area contributed by atoms with Gasteiger partial charge in [-0.1, -0.05) is 58.1 Å². The molecule has 0 fully saturated rings. The highest BCUT2D eigenvalue weighted by Crippen LogP contribution is 2.30. The van der Waals surface area contributed by atoms with Gasteiger partial charge >= 0.3 is 5.97 Å². The van der Waals surface area contributed by atoms with E-state index in [4.69, 9.17) is 0 Å². The molecule has 0 spiro atoms. The SMILES string of the molecule is CCCCCCCC(CC)c1cccc(C(=O)O)c1C. The summed E-state index contributed by atoms with van der Waals surface area (Å²) >= 11 is 0. The van der Waals surface area contributed by atoms with Gasteiger partial charge < -0.3 is 5.11 Å². The van der Waals surface area contributed by atoms with Gasteiger partial charge in [-0.05, 0) is 42.9 Å². The Morgan fingerprint density at radius 2 is 1.85 bits per heavy atom. The molecule has 1 aromatic rings. The summed E-state index contributed by atoms with van der Waals surface area (Å²) in [5.41, 5.74) is 2.62. The number of rotatable bonds is 9. The first kappa shape index (κ1) is 16.7. The molecule has 0 saturated heterocycles. The highest BCUT2D eigenvalue weighted by molar-refractivity contribution is 5.89. The molecular weight excluding hydrogens is 248 g/mol. The minimum absolute atomic E-state index is 0.451. The Morgan fingerprint density at radius 3 is 2.45 bits per heavy atom. The lowest BCUT2D eigenvalue weighted by Crippen LogP contribution is -2.06. The summed E-state index contributed by atoms with van der Waals surface area (Å²) in [4.78, 5) is 11.2. The van der Waals surface area contributed by atoms with Crippen molar-refractivity contribution in [3.8, 4) is 0 Å². The Labute approximate surface area is 123 Å². The predicted octanol–water partition coefficient (Wildman–Crippen LogP) is 5.55. The molecule has 1 aromatic carbocycles. The molecule has 2 nitrogen and oxygen atoms in total. The highest BCUT2D eigenvalue weighted by atomic mass is 16.4. The van der Waals surface area contributed by atoms with E-state index < -0.39 is 5.97 Å². The van der Waals surface area contributed by atoms with E-state index in [0.29, 0.717) is 11.5 Å². The van der Waals surface area contributed by atoms with E-state index in [1.807, 2.05) is 13.0 Å². The lowest BCUT2D eigenvalue weighted by Gasteiger charge is -2.19. The van der Waals surface area contributed by atoms with Crippen molar-refractivity contribution >= 4 is 5.97 Å². The molecule has 0 bridgehead atoms. The Balaban J connectivity index is 2.70. The average molecular weight is 276 g/mol. The molecule has 2 heteroatoms. The van der Waals surface area contributed by atoms with Crippen LogP contribution in [-0.4, -0.2) is 11.1 Å². The summed E-state index contributed by atoms with van der Waals surface area (Å²) in [6, 6.07) is 5.68. The second kappa shape index (κ2) is 8.78. The topological polar surface area (TPSA) is 37.3 Å². The fourth-order valence-electron chi connectivity index (χ4n) is 2.90. The largest absolute Gasteiger partial charge is 0.478 e. The molecule has 1 rings (SSSR count). The van der Waals surface area contributed by atoms with Crippen LogP contribution in [0.2, 0.25) is 0 Å². The number of hydrogen-bond donors (Lipinski definition) is 1. The minimum Gasteiger partial charge on any atom is -0.478 e. The summed E-state index contributed by atoms with van der Waals surface area (Å²) in [5.74, 6) is -0.321. The van der Waals surface area contributed by atoms with Gasteiger partial charge in [-0.25, -0.2) is 4.79 Å². The number of hydrogen-bond acceptors (Lipinski definition) is 1. The maximum atomic E-state index is 11.2. The standard InChI is InChI=1S/C18H28O2/c1-4-6-7-8-9-11-15(5-2)16-12-10-13-17(14(16)3)18(19)20/h10,12-13,15H,4-9,11H2,1-3H3,(H,19,20). The molecule has 0 radical (unpaired) electrons. The van der Waals surface area contributed by atoms with Crippen LogP contribution >= 0.6 is 0 Å². The van der Waals surface area contributed by atoms with Crippen molar-refractivity contribution in [3.05, 3.63) is 34.9 Å². The minimum atomic E-state index is -0.817. The van der Waals surface area contributed by atoms with Crippen LogP contribution in [0.3, 0.4) is 0 Å². The Bertz CT molecular complexity index is 423. The molecule has 0 aromatic heterocycles. The van der Waals surface area contributed by atoms with Crippen molar-refractivity contribution in [1.29, 1.82) is 0 Å². The van der Waals surface area contributed by atoms with Gasteiger partial charge in [-0.15, -0.1) is 0 Å². The van der Waals surface area contributed by atoms with Crippen molar-refractivity contribution in [2.45, 2.75) is 71.6 Å². The summed E-state index contributed by atoms with van der Waals surface area (Å²) in [5, 5.41) is 9.22. The monoisotopic (exact) mass is 276 g/mol. The average Bonchev–Trinajstić information content (AvgIpc) is 2.43. The van der Waals surface area contributed by atoms with E-state index in [1.165, 1.54) is 44.1 Å². The second-order valence-corrected chi connectivity index (χ2v) is 5.63. The molecule has 112 valence electrons. The molecule has 1 unspecified atom stereocenters. The third-order valence-electron chi connectivity index (χ3n) is 4.19. The van der Waals surface area contributed by atoms with E-state index in [0.717, 1.165) is 12.0 Å². The van der Waals surface area contributed by atoms with Crippen LogP contribution in [0.5, 0.6) is 0 Å². The molecule has 20 heavy (non-hydrogen) atoms. The van der Waals surface area contributed by atoms with Crippen LogP contribution in [-0.2, 0) is 0 Å². The third-order valence-corrected chi connectivity index (χ3v) is 4.19. The fourth-order valence-corrected chi connectivity index (χ4v) is 2.90. The lowest BCUT2D eigenvalue weighted by molar-refractivity contribution is 0.0696. The van der Waals surface area contributed by atoms with Gasteiger partial charge in [-0.3, -0.25) is 0 Å². The number of benzene rings is 1. The van der Waals surface area contributed by atoms with Gasteiger partial charge in [0.2, 0.25) is 0 Å². The van der Waals surface area contributed by atoms with Gasteiger partial charge in [-0.2, -0.15) is 0 Å². The molecule has 1 atom stereocenters. The third kappa shape index (κ3) is 4.66. The van der Waals surface area contributed by atoms with E-state index in [2.05, 4.69) is 19.9 Å². The number of unbranched alkanes of at least 4 members (excludes halogenated alkanes) is 4. The van der Waals surface area contributed by atoms with Crippen LogP contribution in [0, 0.1) is 6.92 Å². The van der Waals surface area contributed by atoms with Gasteiger partial charge in [0.25, 0.3) is 0 Å². The van der Waals surface area contributed by atoms with Crippen molar-refractivity contribution < 1.29 is 9.90 Å². The van der Waals surface area contributed by atoms with Crippen molar-refractivity contribution in [2.75, 3.05) is 0 Å². The first-order valence-corrected chi connectivity index (χ1v) is 7.94.